The summed E-state index contributed by atoms with van der Waals surface area (Å²) in [6.07, 6.45) is 19.1. The Morgan fingerprint density at radius 2 is 1.13 bits per heavy atom. The lowest BCUT2D eigenvalue weighted by Gasteiger charge is -2.08. The van der Waals surface area contributed by atoms with E-state index in [4.69, 9.17) is 9.47 Å². The molecular weight excluding hydrogens is 372 g/mol. The van der Waals surface area contributed by atoms with E-state index in [1.807, 2.05) is 36.4 Å². The molecule has 4 heteroatoms. The molecule has 0 atom stereocenters. The van der Waals surface area contributed by atoms with Crippen LogP contribution in [0.15, 0.2) is 62.0 Å². The van der Waals surface area contributed by atoms with Crippen molar-refractivity contribution in [2.24, 2.45) is 0 Å². The smallest absolute Gasteiger partial charge is 0.159 e. The maximum Gasteiger partial charge on any atom is 0.159 e. The van der Waals surface area contributed by atoms with Gasteiger partial charge >= 0.3 is 0 Å². The summed E-state index contributed by atoms with van der Waals surface area (Å²) in [6.45, 7) is 8.96. The summed E-state index contributed by atoms with van der Waals surface area (Å²) in [6, 6.07) is 7.96. The van der Waals surface area contributed by atoms with Crippen molar-refractivity contribution >= 4 is 0 Å². The van der Waals surface area contributed by atoms with Gasteiger partial charge in [-0.3, -0.25) is 0 Å². The van der Waals surface area contributed by atoms with Crippen LogP contribution in [-0.4, -0.2) is 23.2 Å². The van der Waals surface area contributed by atoms with Crippen LogP contribution < -0.4 is 9.47 Å². The second-order valence-electron chi connectivity index (χ2n) is 7.45. The first-order chi connectivity index (χ1) is 14.8. The number of ether oxygens (including phenoxy) is 2. The van der Waals surface area contributed by atoms with E-state index in [0.29, 0.717) is 12.4 Å². The summed E-state index contributed by atoms with van der Waals surface area (Å²) in [7, 11) is 0. The number of benzene rings is 1. The highest BCUT2D eigenvalue weighted by molar-refractivity contribution is 5.56. The fraction of sp³-hybridized carbons (Fsp3) is 0.462. The molecule has 0 saturated heterocycles. The van der Waals surface area contributed by atoms with Crippen molar-refractivity contribution in [3.63, 3.8) is 0 Å². The summed E-state index contributed by atoms with van der Waals surface area (Å²) in [5.74, 6) is 2.30. The molecule has 4 nitrogen and oxygen atoms in total. The van der Waals surface area contributed by atoms with Crippen LogP contribution in [0, 0.1) is 0 Å². The molecule has 0 aliphatic heterocycles. The molecule has 0 saturated carbocycles. The van der Waals surface area contributed by atoms with E-state index in [2.05, 4.69) is 23.1 Å². The van der Waals surface area contributed by atoms with Crippen LogP contribution in [-0.2, 0) is 0 Å². The molecule has 0 spiro atoms. The standard InChI is InChI=1S/C26H36N2O2/c1-3-5-7-9-11-13-19-29-24-17-15-23(16-18-24)26-27-21-25(22-28-26)30-20-14-12-10-8-6-4-2/h3-4,15-18,21-22H,1-2,5-14,19-20H2. The van der Waals surface area contributed by atoms with E-state index < -0.39 is 0 Å². The minimum atomic E-state index is 0.695. The lowest BCUT2D eigenvalue weighted by atomic mass is 10.1. The topological polar surface area (TPSA) is 44.2 Å². The van der Waals surface area contributed by atoms with Crippen molar-refractivity contribution in [1.29, 1.82) is 0 Å². The molecule has 2 aromatic rings. The van der Waals surface area contributed by atoms with Crippen LogP contribution in [0.3, 0.4) is 0 Å². The average molecular weight is 409 g/mol. The van der Waals surface area contributed by atoms with Gasteiger partial charge in [0.05, 0.1) is 25.6 Å². The summed E-state index contributed by atoms with van der Waals surface area (Å²) >= 11 is 0. The van der Waals surface area contributed by atoms with Crippen molar-refractivity contribution < 1.29 is 9.47 Å². The van der Waals surface area contributed by atoms with Gasteiger partial charge in [-0.2, -0.15) is 0 Å². The zero-order valence-electron chi connectivity index (χ0n) is 18.2. The van der Waals surface area contributed by atoms with E-state index in [0.717, 1.165) is 49.4 Å². The van der Waals surface area contributed by atoms with E-state index >= 15 is 0 Å². The number of unbranched alkanes of at least 4 members (excludes halogenated alkanes) is 8. The minimum absolute atomic E-state index is 0.695. The largest absolute Gasteiger partial charge is 0.494 e. The highest BCUT2D eigenvalue weighted by atomic mass is 16.5. The van der Waals surface area contributed by atoms with Crippen molar-refractivity contribution in [2.75, 3.05) is 13.2 Å². The van der Waals surface area contributed by atoms with Crippen LogP contribution in [0.25, 0.3) is 11.4 Å². The maximum atomic E-state index is 5.82. The summed E-state index contributed by atoms with van der Waals surface area (Å²) in [4.78, 5) is 8.87. The predicted molar refractivity (Wildman–Crippen MR) is 125 cm³/mol. The van der Waals surface area contributed by atoms with Crippen LogP contribution in [0.1, 0.15) is 64.2 Å². The Kier molecular flexibility index (Phi) is 12.0. The first-order valence-electron chi connectivity index (χ1n) is 11.2. The van der Waals surface area contributed by atoms with Gasteiger partial charge in [0.1, 0.15) is 5.75 Å². The second-order valence-corrected chi connectivity index (χ2v) is 7.45. The van der Waals surface area contributed by atoms with Crippen molar-refractivity contribution in [2.45, 2.75) is 64.2 Å². The molecule has 0 unspecified atom stereocenters. The fourth-order valence-corrected chi connectivity index (χ4v) is 3.11. The van der Waals surface area contributed by atoms with Gasteiger partial charge in [-0.15, -0.1) is 13.2 Å². The zero-order chi connectivity index (χ0) is 21.3. The maximum absolute atomic E-state index is 5.82. The molecule has 0 fully saturated rings. The van der Waals surface area contributed by atoms with Gasteiger partial charge < -0.3 is 9.47 Å². The summed E-state index contributed by atoms with van der Waals surface area (Å²) in [5, 5.41) is 0. The Bertz CT molecular complexity index is 647. The number of allylic oxidation sites excluding steroid dienone is 2. The average Bonchev–Trinajstić information content (AvgIpc) is 2.79. The predicted octanol–water partition coefficient (Wildman–Crippen LogP) is 7.17. The van der Waals surface area contributed by atoms with Gasteiger partial charge in [-0.25, -0.2) is 9.97 Å². The molecule has 0 bridgehead atoms. The van der Waals surface area contributed by atoms with Gasteiger partial charge in [0.15, 0.2) is 11.6 Å². The fourth-order valence-electron chi connectivity index (χ4n) is 3.11. The van der Waals surface area contributed by atoms with Crippen molar-refractivity contribution in [1.82, 2.24) is 9.97 Å². The molecule has 30 heavy (non-hydrogen) atoms. The summed E-state index contributed by atoms with van der Waals surface area (Å²) in [5.41, 5.74) is 0.973. The number of hydrogen-bond acceptors (Lipinski definition) is 4. The number of nitrogens with zero attached hydrogens (tertiary/aromatic N) is 2. The molecule has 1 aromatic carbocycles. The van der Waals surface area contributed by atoms with Crippen LogP contribution in [0.4, 0.5) is 0 Å². The van der Waals surface area contributed by atoms with Gasteiger partial charge in [-0.05, 0) is 62.8 Å². The van der Waals surface area contributed by atoms with Gasteiger partial charge in [0.25, 0.3) is 0 Å². The van der Waals surface area contributed by atoms with E-state index in [1.54, 1.807) is 12.4 Å². The van der Waals surface area contributed by atoms with E-state index in [1.165, 1.54) is 38.5 Å². The Morgan fingerprint density at radius 1 is 0.633 bits per heavy atom. The van der Waals surface area contributed by atoms with E-state index in [9.17, 15) is 0 Å². The van der Waals surface area contributed by atoms with Crippen molar-refractivity contribution in [3.05, 3.63) is 62.0 Å². The third-order valence-electron chi connectivity index (χ3n) is 4.88. The monoisotopic (exact) mass is 408 g/mol. The number of hydrogen-bond donors (Lipinski definition) is 0. The molecule has 1 aromatic heterocycles. The number of aromatic nitrogens is 2. The highest BCUT2D eigenvalue weighted by Crippen LogP contribution is 2.21. The summed E-state index contributed by atoms with van der Waals surface area (Å²) < 4.78 is 11.6. The molecule has 0 radical (unpaired) electrons. The van der Waals surface area contributed by atoms with Gasteiger partial charge in [0.2, 0.25) is 0 Å². The Hall–Kier alpha value is -2.62. The van der Waals surface area contributed by atoms with Gasteiger partial charge in [0, 0.05) is 5.56 Å². The minimum Gasteiger partial charge on any atom is -0.494 e. The normalized spacial score (nSPS) is 10.5. The molecule has 1 heterocycles. The molecular formula is C26H36N2O2. The molecule has 0 N–H and O–H groups in total. The highest BCUT2D eigenvalue weighted by Gasteiger charge is 2.03. The van der Waals surface area contributed by atoms with Crippen LogP contribution in [0.5, 0.6) is 11.5 Å². The third-order valence-corrected chi connectivity index (χ3v) is 4.88. The Labute approximate surface area is 182 Å². The lowest BCUT2D eigenvalue weighted by molar-refractivity contribution is 0.302. The van der Waals surface area contributed by atoms with E-state index in [-0.39, 0.29) is 0 Å². The first kappa shape index (κ1) is 23.7. The SMILES string of the molecule is C=CCCCCCCOc1ccc(-c2ncc(OCCCCCCC=C)cn2)cc1. The molecule has 0 amide bonds. The first-order valence-corrected chi connectivity index (χ1v) is 11.2. The molecule has 2 rings (SSSR count). The van der Waals surface area contributed by atoms with Gasteiger partial charge in [-0.1, -0.05) is 37.8 Å². The van der Waals surface area contributed by atoms with Crippen LogP contribution in [0.2, 0.25) is 0 Å². The number of rotatable bonds is 17. The molecule has 162 valence electrons. The quantitative estimate of drug-likeness (QED) is 0.205. The van der Waals surface area contributed by atoms with Crippen molar-refractivity contribution in [3.8, 4) is 22.9 Å². The Balaban J connectivity index is 1.66. The Morgan fingerprint density at radius 3 is 1.67 bits per heavy atom. The molecule has 0 aliphatic carbocycles. The second kappa shape index (κ2) is 15.3. The van der Waals surface area contributed by atoms with Crippen LogP contribution >= 0.6 is 0 Å². The molecule has 0 aliphatic rings. The third kappa shape index (κ3) is 9.73. The lowest BCUT2D eigenvalue weighted by Crippen LogP contribution is -1.99. The zero-order valence-corrected chi connectivity index (χ0v) is 18.2.